The molecule has 0 saturated carbocycles. The van der Waals surface area contributed by atoms with E-state index in [2.05, 4.69) is 6.07 Å². The number of aliphatic hydroxyl groups is 1. The van der Waals surface area contributed by atoms with Gasteiger partial charge < -0.3 is 14.6 Å². The van der Waals surface area contributed by atoms with Gasteiger partial charge in [-0.1, -0.05) is 30.3 Å². The molecule has 3 heteroatoms. The van der Waals surface area contributed by atoms with Gasteiger partial charge in [0.2, 0.25) is 0 Å². The van der Waals surface area contributed by atoms with E-state index in [0.717, 1.165) is 33.6 Å². The van der Waals surface area contributed by atoms with Crippen molar-refractivity contribution in [3.05, 3.63) is 64.2 Å². The molecule has 0 fully saturated rings. The predicted molar refractivity (Wildman–Crippen MR) is 83.7 cm³/mol. The summed E-state index contributed by atoms with van der Waals surface area (Å²) in [5.41, 5.74) is 4.84. The molecule has 1 N–H and O–H groups in total. The number of rotatable bonds is 5. The van der Waals surface area contributed by atoms with Crippen LogP contribution in [0.15, 0.2) is 36.4 Å². The Morgan fingerprint density at radius 1 is 1.10 bits per heavy atom. The Labute approximate surface area is 126 Å². The van der Waals surface area contributed by atoms with Crippen LogP contribution in [-0.2, 0) is 11.3 Å². The topological polar surface area (TPSA) is 38.7 Å². The van der Waals surface area contributed by atoms with Gasteiger partial charge in [-0.3, -0.25) is 0 Å². The van der Waals surface area contributed by atoms with Gasteiger partial charge in [0, 0.05) is 12.7 Å². The Bertz CT molecular complexity index is 620. The first kappa shape index (κ1) is 15.5. The van der Waals surface area contributed by atoms with Crippen molar-refractivity contribution in [3.63, 3.8) is 0 Å². The molecular formula is C18H22O3. The normalized spacial score (nSPS) is 12.2. The molecule has 2 rings (SSSR count). The Hall–Kier alpha value is -1.84. The molecule has 1 atom stereocenters. The zero-order valence-electron chi connectivity index (χ0n) is 13.0. The van der Waals surface area contributed by atoms with Gasteiger partial charge in [-0.05, 0) is 42.2 Å². The summed E-state index contributed by atoms with van der Waals surface area (Å²) >= 11 is 0. The van der Waals surface area contributed by atoms with Gasteiger partial charge in [0.25, 0.3) is 0 Å². The highest BCUT2D eigenvalue weighted by Gasteiger charge is 2.18. The molecule has 0 aliphatic heterocycles. The van der Waals surface area contributed by atoms with E-state index in [1.165, 1.54) is 0 Å². The highest BCUT2D eigenvalue weighted by Crippen LogP contribution is 2.34. The van der Waals surface area contributed by atoms with Gasteiger partial charge >= 0.3 is 0 Å². The third kappa shape index (κ3) is 3.43. The lowest BCUT2D eigenvalue weighted by Gasteiger charge is -2.19. The van der Waals surface area contributed by atoms with Crippen LogP contribution in [0.25, 0.3) is 0 Å². The molecule has 21 heavy (non-hydrogen) atoms. The Kier molecular flexibility index (Phi) is 4.99. The predicted octanol–water partition coefficient (Wildman–Crippen LogP) is 3.54. The smallest absolute Gasteiger partial charge is 0.125 e. The molecule has 0 spiro atoms. The molecule has 0 radical (unpaired) electrons. The molecule has 0 saturated heterocycles. The molecule has 0 aliphatic rings. The summed E-state index contributed by atoms with van der Waals surface area (Å²) in [5, 5.41) is 10.7. The molecule has 0 aliphatic carbocycles. The van der Waals surface area contributed by atoms with Crippen LogP contribution in [0.2, 0.25) is 0 Å². The van der Waals surface area contributed by atoms with E-state index in [1.807, 2.05) is 44.2 Å². The van der Waals surface area contributed by atoms with Crippen LogP contribution in [0.3, 0.4) is 0 Å². The first-order valence-corrected chi connectivity index (χ1v) is 6.97. The summed E-state index contributed by atoms with van der Waals surface area (Å²) in [7, 11) is 3.29. The van der Waals surface area contributed by atoms with Crippen molar-refractivity contribution in [3.8, 4) is 5.75 Å². The van der Waals surface area contributed by atoms with Crippen LogP contribution in [-0.4, -0.2) is 19.3 Å². The molecule has 0 aromatic heterocycles. The maximum atomic E-state index is 10.7. The molecule has 2 aromatic rings. The van der Waals surface area contributed by atoms with Gasteiger partial charge in [0.15, 0.2) is 0 Å². The maximum absolute atomic E-state index is 10.7. The molecule has 3 nitrogen and oxygen atoms in total. The molecule has 112 valence electrons. The second kappa shape index (κ2) is 6.74. The highest BCUT2D eigenvalue weighted by molar-refractivity contribution is 5.48. The summed E-state index contributed by atoms with van der Waals surface area (Å²) in [6.45, 7) is 4.54. The number of ether oxygens (including phenoxy) is 2. The second-order valence-electron chi connectivity index (χ2n) is 5.28. The third-order valence-corrected chi connectivity index (χ3v) is 3.56. The van der Waals surface area contributed by atoms with Crippen LogP contribution in [0, 0.1) is 13.8 Å². The molecule has 1 unspecified atom stereocenters. The lowest BCUT2D eigenvalue weighted by Crippen LogP contribution is -2.06. The Morgan fingerprint density at radius 2 is 1.86 bits per heavy atom. The fourth-order valence-corrected chi connectivity index (χ4v) is 2.65. The van der Waals surface area contributed by atoms with Gasteiger partial charge in [0.05, 0.1) is 13.7 Å². The zero-order chi connectivity index (χ0) is 15.4. The first-order chi connectivity index (χ1) is 10.1. The van der Waals surface area contributed by atoms with Gasteiger partial charge in [0.1, 0.15) is 11.9 Å². The minimum Gasteiger partial charge on any atom is -0.496 e. The maximum Gasteiger partial charge on any atom is 0.125 e. The van der Waals surface area contributed by atoms with Gasteiger partial charge in [-0.25, -0.2) is 0 Å². The van der Waals surface area contributed by atoms with E-state index in [0.29, 0.717) is 6.61 Å². The minimum atomic E-state index is -0.711. The standard InChI is InChI=1S/C18H22O3/c1-12-8-13(2)17(16(9-12)21-4)18(19)15-7-5-6-14(10-15)11-20-3/h5-10,18-19H,11H2,1-4H3. The summed E-state index contributed by atoms with van der Waals surface area (Å²) in [5.74, 6) is 0.720. The third-order valence-electron chi connectivity index (χ3n) is 3.56. The van der Waals surface area contributed by atoms with Crippen molar-refractivity contribution in [1.82, 2.24) is 0 Å². The molecule has 0 heterocycles. The number of hydrogen-bond donors (Lipinski definition) is 1. The molecule has 0 bridgehead atoms. The first-order valence-electron chi connectivity index (χ1n) is 6.97. The van der Waals surface area contributed by atoms with Crippen LogP contribution in [0.5, 0.6) is 5.75 Å². The fourth-order valence-electron chi connectivity index (χ4n) is 2.65. The molecule has 0 amide bonds. The highest BCUT2D eigenvalue weighted by atomic mass is 16.5. The summed E-state index contributed by atoms with van der Waals surface area (Å²) < 4.78 is 10.6. The van der Waals surface area contributed by atoms with E-state index in [4.69, 9.17) is 9.47 Å². The molecule has 2 aromatic carbocycles. The van der Waals surface area contributed by atoms with Crippen molar-refractivity contribution in [2.45, 2.75) is 26.6 Å². The van der Waals surface area contributed by atoms with Crippen molar-refractivity contribution in [2.75, 3.05) is 14.2 Å². The monoisotopic (exact) mass is 286 g/mol. The van der Waals surface area contributed by atoms with Crippen LogP contribution in [0.1, 0.15) is 33.9 Å². The van der Waals surface area contributed by atoms with Crippen LogP contribution < -0.4 is 4.74 Å². The van der Waals surface area contributed by atoms with E-state index >= 15 is 0 Å². The van der Waals surface area contributed by atoms with Crippen molar-refractivity contribution in [1.29, 1.82) is 0 Å². The lowest BCUT2D eigenvalue weighted by molar-refractivity contribution is 0.184. The number of aliphatic hydroxyl groups excluding tert-OH is 1. The Morgan fingerprint density at radius 3 is 2.52 bits per heavy atom. The minimum absolute atomic E-state index is 0.532. The average molecular weight is 286 g/mol. The zero-order valence-corrected chi connectivity index (χ0v) is 13.0. The van der Waals surface area contributed by atoms with Crippen LogP contribution in [0.4, 0.5) is 0 Å². The number of aryl methyl sites for hydroxylation is 2. The van der Waals surface area contributed by atoms with E-state index in [1.54, 1.807) is 14.2 Å². The summed E-state index contributed by atoms with van der Waals surface area (Å²) in [6.07, 6.45) is -0.711. The number of benzene rings is 2. The van der Waals surface area contributed by atoms with E-state index < -0.39 is 6.10 Å². The fraction of sp³-hybridized carbons (Fsp3) is 0.333. The van der Waals surface area contributed by atoms with E-state index in [9.17, 15) is 5.11 Å². The average Bonchev–Trinajstić information content (AvgIpc) is 2.46. The summed E-state index contributed by atoms with van der Waals surface area (Å²) in [6, 6.07) is 11.8. The Balaban J connectivity index is 2.44. The second-order valence-corrected chi connectivity index (χ2v) is 5.28. The van der Waals surface area contributed by atoms with Crippen molar-refractivity contribution in [2.24, 2.45) is 0 Å². The quantitative estimate of drug-likeness (QED) is 0.913. The van der Waals surface area contributed by atoms with Crippen LogP contribution >= 0.6 is 0 Å². The largest absolute Gasteiger partial charge is 0.496 e. The molecular weight excluding hydrogens is 264 g/mol. The van der Waals surface area contributed by atoms with Gasteiger partial charge in [-0.2, -0.15) is 0 Å². The lowest BCUT2D eigenvalue weighted by atomic mass is 9.94. The summed E-state index contributed by atoms with van der Waals surface area (Å²) in [4.78, 5) is 0. The van der Waals surface area contributed by atoms with E-state index in [-0.39, 0.29) is 0 Å². The van der Waals surface area contributed by atoms with Gasteiger partial charge in [-0.15, -0.1) is 0 Å². The number of methoxy groups -OCH3 is 2. The van der Waals surface area contributed by atoms with Crippen molar-refractivity contribution < 1.29 is 14.6 Å². The van der Waals surface area contributed by atoms with Crippen molar-refractivity contribution >= 4 is 0 Å². The number of hydrogen-bond acceptors (Lipinski definition) is 3. The SMILES string of the molecule is COCc1cccc(C(O)c2c(C)cc(C)cc2OC)c1.